The van der Waals surface area contributed by atoms with Crippen molar-refractivity contribution in [2.75, 3.05) is 12.1 Å². The number of anilines is 1. The maximum Gasteiger partial charge on any atom is 0.417 e. The second-order valence-corrected chi connectivity index (χ2v) is 4.85. The van der Waals surface area contributed by atoms with E-state index in [9.17, 15) is 13.2 Å². The molecule has 96 valence electrons. The Kier molecular flexibility index (Phi) is 4.82. The van der Waals surface area contributed by atoms with Crippen LogP contribution in [0.1, 0.15) is 19.4 Å². The highest BCUT2D eigenvalue weighted by atomic mass is 79.9. The Hall–Kier alpha value is -0.750. The van der Waals surface area contributed by atoms with Crippen molar-refractivity contribution in [2.24, 2.45) is 5.92 Å². The topological polar surface area (TPSA) is 21.3 Å². The summed E-state index contributed by atoms with van der Waals surface area (Å²) in [6.07, 6.45) is -4.38. The third-order valence-corrected chi connectivity index (χ3v) is 2.57. The predicted octanol–water partition coefficient (Wildman–Crippen LogP) is 4.47. The summed E-state index contributed by atoms with van der Waals surface area (Å²) in [7, 11) is 0. The maximum absolute atomic E-state index is 12.6. The van der Waals surface area contributed by atoms with Gasteiger partial charge in [-0.3, -0.25) is 10.3 Å². The van der Waals surface area contributed by atoms with Crippen LogP contribution in [0.25, 0.3) is 0 Å². The van der Waals surface area contributed by atoms with Gasteiger partial charge in [-0.1, -0.05) is 29.8 Å². The number of alkyl halides is 3. The molecule has 0 spiro atoms. The molecule has 0 aliphatic heterocycles. The zero-order valence-electron chi connectivity index (χ0n) is 9.44. The summed E-state index contributed by atoms with van der Waals surface area (Å²) in [5.41, 5.74) is 2.05. The molecule has 0 aliphatic rings. The van der Waals surface area contributed by atoms with Crippen LogP contribution in [-0.4, -0.2) is 6.61 Å². The van der Waals surface area contributed by atoms with Gasteiger partial charge in [0.1, 0.15) is 0 Å². The van der Waals surface area contributed by atoms with Crippen molar-refractivity contribution >= 4 is 21.6 Å². The summed E-state index contributed by atoms with van der Waals surface area (Å²) >= 11 is 2.87. The highest BCUT2D eigenvalue weighted by molar-refractivity contribution is 9.10. The van der Waals surface area contributed by atoms with Gasteiger partial charge in [-0.05, 0) is 24.1 Å². The van der Waals surface area contributed by atoms with Crippen molar-refractivity contribution in [1.29, 1.82) is 0 Å². The average Bonchev–Trinajstić information content (AvgIpc) is 2.18. The van der Waals surface area contributed by atoms with Gasteiger partial charge >= 0.3 is 6.18 Å². The third-order valence-electron chi connectivity index (χ3n) is 1.88. The number of rotatable bonds is 4. The van der Waals surface area contributed by atoms with Gasteiger partial charge in [-0.15, -0.1) is 0 Å². The molecule has 0 aliphatic carbocycles. The quantitative estimate of drug-likeness (QED) is 0.828. The van der Waals surface area contributed by atoms with Gasteiger partial charge in [0.25, 0.3) is 0 Å². The van der Waals surface area contributed by atoms with Gasteiger partial charge in [0.05, 0.1) is 17.9 Å². The molecular weight excluding hydrogens is 299 g/mol. The summed E-state index contributed by atoms with van der Waals surface area (Å²) in [6, 6.07) is 3.86. The van der Waals surface area contributed by atoms with Gasteiger partial charge in [0.15, 0.2) is 0 Å². The Balaban J connectivity index is 2.76. The van der Waals surface area contributed by atoms with Crippen LogP contribution in [0.3, 0.4) is 0 Å². The van der Waals surface area contributed by atoms with Crippen LogP contribution in [-0.2, 0) is 11.0 Å². The standard InChI is InChI=1S/C11H13BrF3NO/c1-7(2)6-17-16-8-3-4-10(12)9(5-8)11(13,14)15/h3-5,7,16H,6H2,1-2H3. The summed E-state index contributed by atoms with van der Waals surface area (Å²) in [4.78, 5) is 5.06. The highest BCUT2D eigenvalue weighted by Gasteiger charge is 2.33. The largest absolute Gasteiger partial charge is 0.417 e. The van der Waals surface area contributed by atoms with Crippen LogP contribution in [0.4, 0.5) is 18.9 Å². The first-order valence-corrected chi connectivity index (χ1v) is 5.84. The van der Waals surface area contributed by atoms with Crippen molar-refractivity contribution in [2.45, 2.75) is 20.0 Å². The van der Waals surface area contributed by atoms with E-state index in [2.05, 4.69) is 21.4 Å². The average molecular weight is 312 g/mol. The number of hydrogen-bond donors (Lipinski definition) is 1. The minimum atomic E-state index is -4.38. The Morgan fingerprint density at radius 2 is 2.00 bits per heavy atom. The Morgan fingerprint density at radius 3 is 2.53 bits per heavy atom. The van der Waals surface area contributed by atoms with E-state index in [1.54, 1.807) is 0 Å². The molecule has 0 aromatic heterocycles. The normalized spacial score (nSPS) is 11.9. The van der Waals surface area contributed by atoms with Gasteiger partial charge in [-0.25, -0.2) is 0 Å². The van der Waals surface area contributed by atoms with E-state index in [0.29, 0.717) is 12.5 Å². The summed E-state index contributed by atoms with van der Waals surface area (Å²) in [5, 5.41) is 0. The molecule has 0 atom stereocenters. The Morgan fingerprint density at radius 1 is 1.35 bits per heavy atom. The van der Waals surface area contributed by atoms with Crippen molar-refractivity contribution in [1.82, 2.24) is 0 Å². The monoisotopic (exact) mass is 311 g/mol. The van der Waals surface area contributed by atoms with E-state index in [0.717, 1.165) is 6.07 Å². The molecule has 0 amide bonds. The fourth-order valence-electron chi connectivity index (χ4n) is 1.10. The second-order valence-electron chi connectivity index (χ2n) is 4.00. The fraction of sp³-hybridized carbons (Fsp3) is 0.455. The number of halogens is 4. The van der Waals surface area contributed by atoms with Gasteiger partial charge < -0.3 is 0 Å². The highest BCUT2D eigenvalue weighted by Crippen LogP contribution is 2.36. The summed E-state index contributed by atoms with van der Waals surface area (Å²) < 4.78 is 37.8. The lowest BCUT2D eigenvalue weighted by Gasteiger charge is -2.13. The van der Waals surface area contributed by atoms with E-state index >= 15 is 0 Å². The van der Waals surface area contributed by atoms with Crippen molar-refractivity contribution in [3.05, 3.63) is 28.2 Å². The molecule has 6 heteroatoms. The zero-order valence-corrected chi connectivity index (χ0v) is 11.0. The first-order valence-electron chi connectivity index (χ1n) is 5.05. The SMILES string of the molecule is CC(C)CONc1ccc(Br)c(C(F)(F)F)c1. The van der Waals surface area contributed by atoms with Crippen molar-refractivity contribution in [3.63, 3.8) is 0 Å². The molecule has 17 heavy (non-hydrogen) atoms. The Bertz CT molecular complexity index is 379. The Labute approximate surface area is 106 Å². The molecule has 0 radical (unpaired) electrons. The van der Waals surface area contributed by atoms with Gasteiger partial charge in [0.2, 0.25) is 0 Å². The molecule has 1 N–H and O–H groups in total. The minimum absolute atomic E-state index is 0.0133. The number of hydrogen-bond acceptors (Lipinski definition) is 2. The molecule has 0 bridgehead atoms. The molecule has 0 saturated carbocycles. The third kappa shape index (κ3) is 4.55. The smallest absolute Gasteiger partial charge is 0.276 e. The first-order chi connectivity index (χ1) is 7.80. The zero-order chi connectivity index (χ0) is 13.1. The second kappa shape index (κ2) is 5.73. The van der Waals surface area contributed by atoms with E-state index in [-0.39, 0.29) is 10.2 Å². The molecular formula is C11H13BrF3NO. The predicted molar refractivity (Wildman–Crippen MR) is 63.6 cm³/mol. The molecule has 0 fully saturated rings. The molecule has 1 aromatic carbocycles. The molecule has 0 saturated heterocycles. The lowest BCUT2D eigenvalue weighted by molar-refractivity contribution is -0.138. The van der Waals surface area contributed by atoms with Crippen LogP contribution >= 0.6 is 15.9 Å². The molecule has 0 unspecified atom stereocenters. The first kappa shape index (κ1) is 14.3. The summed E-state index contributed by atoms with van der Waals surface area (Å²) in [6.45, 7) is 4.33. The van der Waals surface area contributed by atoms with E-state index in [1.165, 1.54) is 12.1 Å². The fourth-order valence-corrected chi connectivity index (χ4v) is 1.57. The number of nitrogens with one attached hydrogen (secondary N) is 1. The minimum Gasteiger partial charge on any atom is -0.276 e. The van der Waals surface area contributed by atoms with Crippen molar-refractivity contribution < 1.29 is 18.0 Å². The molecule has 0 heterocycles. The summed E-state index contributed by atoms with van der Waals surface area (Å²) in [5.74, 6) is 0.306. The van der Waals surface area contributed by atoms with E-state index in [4.69, 9.17) is 4.84 Å². The number of benzene rings is 1. The van der Waals surface area contributed by atoms with Crippen LogP contribution in [0.15, 0.2) is 22.7 Å². The molecule has 1 rings (SSSR count). The lowest BCUT2D eigenvalue weighted by atomic mass is 10.2. The van der Waals surface area contributed by atoms with Crippen LogP contribution < -0.4 is 5.48 Å². The van der Waals surface area contributed by atoms with E-state index in [1.807, 2.05) is 13.8 Å². The van der Waals surface area contributed by atoms with Crippen LogP contribution in [0.2, 0.25) is 0 Å². The van der Waals surface area contributed by atoms with Gasteiger partial charge in [-0.2, -0.15) is 13.2 Å². The van der Waals surface area contributed by atoms with Crippen LogP contribution in [0, 0.1) is 5.92 Å². The maximum atomic E-state index is 12.6. The molecule has 2 nitrogen and oxygen atoms in total. The van der Waals surface area contributed by atoms with Crippen LogP contribution in [0.5, 0.6) is 0 Å². The lowest BCUT2D eigenvalue weighted by Crippen LogP contribution is -2.10. The van der Waals surface area contributed by atoms with E-state index < -0.39 is 11.7 Å². The molecule has 1 aromatic rings. The van der Waals surface area contributed by atoms with Gasteiger partial charge in [0, 0.05) is 4.47 Å². The van der Waals surface area contributed by atoms with Crippen molar-refractivity contribution in [3.8, 4) is 0 Å².